The molecule has 0 saturated carbocycles. The van der Waals surface area contributed by atoms with E-state index in [1.54, 1.807) is 0 Å². The standard InChI is InChI=1S/C6H11NO4/c1-11-4-5(8)7-3-2-6(9)10/h2-4H2,1H3,(H,7,8)(H,9,10). The van der Waals surface area contributed by atoms with E-state index in [0.29, 0.717) is 0 Å². The molecule has 0 aromatic carbocycles. The van der Waals surface area contributed by atoms with Crippen LogP contribution >= 0.6 is 0 Å². The van der Waals surface area contributed by atoms with E-state index in [1.165, 1.54) is 7.11 Å². The Bertz CT molecular complexity index is 146. The first kappa shape index (κ1) is 9.90. The summed E-state index contributed by atoms with van der Waals surface area (Å²) in [6.07, 6.45) is -0.0601. The lowest BCUT2D eigenvalue weighted by atomic mass is 10.4. The minimum absolute atomic E-state index is 0.0282. The second kappa shape index (κ2) is 5.67. The van der Waals surface area contributed by atoms with Crippen molar-refractivity contribution >= 4 is 11.9 Å². The van der Waals surface area contributed by atoms with Gasteiger partial charge in [-0.15, -0.1) is 0 Å². The fourth-order valence-corrected chi connectivity index (χ4v) is 0.491. The topological polar surface area (TPSA) is 75.6 Å². The van der Waals surface area contributed by atoms with Crippen molar-refractivity contribution in [2.24, 2.45) is 0 Å². The second-order valence-electron chi connectivity index (χ2n) is 1.93. The molecule has 0 aromatic rings. The van der Waals surface area contributed by atoms with Gasteiger partial charge in [-0.3, -0.25) is 9.59 Å². The minimum atomic E-state index is -0.928. The SMILES string of the molecule is COCC(=O)NCCC(=O)O. The fourth-order valence-electron chi connectivity index (χ4n) is 0.491. The number of carbonyl (C=O) groups is 2. The van der Waals surface area contributed by atoms with E-state index < -0.39 is 5.97 Å². The zero-order valence-electron chi connectivity index (χ0n) is 6.29. The molecule has 64 valence electrons. The van der Waals surface area contributed by atoms with Gasteiger partial charge >= 0.3 is 5.97 Å². The summed E-state index contributed by atoms with van der Waals surface area (Å²) in [5, 5.41) is 10.5. The van der Waals surface area contributed by atoms with E-state index in [2.05, 4.69) is 10.1 Å². The van der Waals surface area contributed by atoms with E-state index in [0.717, 1.165) is 0 Å². The molecular formula is C6H11NO4. The number of nitrogens with one attached hydrogen (secondary N) is 1. The van der Waals surface area contributed by atoms with Crippen LogP contribution in [-0.2, 0) is 14.3 Å². The van der Waals surface area contributed by atoms with Crippen molar-refractivity contribution in [2.75, 3.05) is 20.3 Å². The smallest absolute Gasteiger partial charge is 0.305 e. The van der Waals surface area contributed by atoms with Crippen LogP contribution in [0.5, 0.6) is 0 Å². The maximum Gasteiger partial charge on any atom is 0.305 e. The van der Waals surface area contributed by atoms with Gasteiger partial charge < -0.3 is 15.2 Å². The van der Waals surface area contributed by atoms with Crippen LogP contribution in [0.4, 0.5) is 0 Å². The zero-order valence-corrected chi connectivity index (χ0v) is 6.29. The lowest BCUT2D eigenvalue weighted by Gasteiger charge is -2.00. The monoisotopic (exact) mass is 161 g/mol. The highest BCUT2D eigenvalue weighted by Crippen LogP contribution is 1.75. The van der Waals surface area contributed by atoms with E-state index in [1.807, 2.05) is 0 Å². The molecule has 1 amide bonds. The largest absolute Gasteiger partial charge is 0.481 e. The Hall–Kier alpha value is -1.10. The van der Waals surface area contributed by atoms with Crippen molar-refractivity contribution < 1.29 is 19.4 Å². The molecule has 5 nitrogen and oxygen atoms in total. The number of carboxylic acids is 1. The molecule has 0 rings (SSSR count). The van der Waals surface area contributed by atoms with Crippen LogP contribution in [0.1, 0.15) is 6.42 Å². The maximum absolute atomic E-state index is 10.6. The number of methoxy groups -OCH3 is 1. The third-order valence-corrected chi connectivity index (χ3v) is 0.936. The molecule has 0 radical (unpaired) electrons. The molecule has 0 aliphatic carbocycles. The molecular weight excluding hydrogens is 150 g/mol. The van der Waals surface area contributed by atoms with E-state index >= 15 is 0 Å². The quantitative estimate of drug-likeness (QED) is 0.554. The van der Waals surface area contributed by atoms with E-state index in [4.69, 9.17) is 5.11 Å². The summed E-state index contributed by atoms with van der Waals surface area (Å²) in [4.78, 5) is 20.6. The van der Waals surface area contributed by atoms with Gasteiger partial charge in [-0.2, -0.15) is 0 Å². The molecule has 0 heterocycles. The summed E-state index contributed by atoms with van der Waals surface area (Å²) in [5.41, 5.74) is 0. The average molecular weight is 161 g/mol. The third kappa shape index (κ3) is 6.79. The number of hydrogen-bond acceptors (Lipinski definition) is 3. The first-order chi connectivity index (χ1) is 5.16. The van der Waals surface area contributed by atoms with Crippen molar-refractivity contribution in [3.05, 3.63) is 0 Å². The fraction of sp³-hybridized carbons (Fsp3) is 0.667. The van der Waals surface area contributed by atoms with Crippen LogP contribution < -0.4 is 5.32 Å². The molecule has 0 bridgehead atoms. The summed E-state index contributed by atoms with van der Waals surface area (Å²) < 4.78 is 4.50. The highest BCUT2D eigenvalue weighted by molar-refractivity contribution is 5.77. The first-order valence-electron chi connectivity index (χ1n) is 3.14. The Morgan fingerprint density at radius 2 is 2.18 bits per heavy atom. The molecule has 0 atom stereocenters. The van der Waals surface area contributed by atoms with Gasteiger partial charge in [-0.05, 0) is 0 Å². The predicted molar refractivity (Wildman–Crippen MR) is 37.1 cm³/mol. The second-order valence-corrected chi connectivity index (χ2v) is 1.93. The minimum Gasteiger partial charge on any atom is -0.481 e. The van der Waals surface area contributed by atoms with Crippen LogP contribution in [0.25, 0.3) is 0 Å². The molecule has 0 fully saturated rings. The average Bonchev–Trinajstić information content (AvgIpc) is 1.87. The van der Waals surface area contributed by atoms with Gasteiger partial charge in [0.15, 0.2) is 0 Å². The molecule has 0 unspecified atom stereocenters. The van der Waals surface area contributed by atoms with E-state index in [-0.39, 0.29) is 25.5 Å². The van der Waals surface area contributed by atoms with Crippen LogP contribution in [0.3, 0.4) is 0 Å². The van der Waals surface area contributed by atoms with Gasteiger partial charge in [0.25, 0.3) is 0 Å². The lowest BCUT2D eigenvalue weighted by Crippen LogP contribution is -2.29. The summed E-state index contributed by atoms with van der Waals surface area (Å²) >= 11 is 0. The van der Waals surface area contributed by atoms with Crippen molar-refractivity contribution in [2.45, 2.75) is 6.42 Å². The molecule has 2 N–H and O–H groups in total. The molecule has 0 aliphatic rings. The Balaban J connectivity index is 3.24. The Kier molecular flexibility index (Phi) is 5.10. The lowest BCUT2D eigenvalue weighted by molar-refractivity contribution is -0.137. The van der Waals surface area contributed by atoms with Gasteiger partial charge in [-0.25, -0.2) is 0 Å². The molecule has 0 saturated heterocycles. The zero-order chi connectivity index (χ0) is 8.69. The molecule has 0 aromatic heterocycles. The number of ether oxygens (including phenoxy) is 1. The number of rotatable bonds is 5. The maximum atomic E-state index is 10.6. The highest BCUT2D eigenvalue weighted by atomic mass is 16.5. The third-order valence-electron chi connectivity index (χ3n) is 0.936. The number of aliphatic carboxylic acids is 1. The van der Waals surface area contributed by atoms with Crippen molar-refractivity contribution in [1.29, 1.82) is 0 Å². The molecule has 5 heteroatoms. The number of carbonyl (C=O) groups excluding carboxylic acids is 1. The summed E-state index contributed by atoms with van der Waals surface area (Å²) in [6.45, 7) is 0.122. The first-order valence-corrected chi connectivity index (χ1v) is 3.14. The van der Waals surface area contributed by atoms with Gasteiger partial charge in [0, 0.05) is 13.7 Å². The Labute approximate surface area is 64.3 Å². The summed E-state index contributed by atoms with van der Waals surface area (Å²) in [6, 6.07) is 0. The number of amides is 1. The van der Waals surface area contributed by atoms with Gasteiger partial charge in [0.1, 0.15) is 6.61 Å². The van der Waals surface area contributed by atoms with Gasteiger partial charge in [0.05, 0.1) is 6.42 Å². The van der Waals surface area contributed by atoms with Crippen molar-refractivity contribution in [3.63, 3.8) is 0 Å². The summed E-state index contributed by atoms with van der Waals surface area (Å²) in [5.74, 6) is -1.23. The van der Waals surface area contributed by atoms with Crippen LogP contribution in [0.2, 0.25) is 0 Å². The predicted octanol–water partition coefficient (Wildman–Crippen LogP) is -0.776. The van der Waals surface area contributed by atoms with Crippen molar-refractivity contribution in [3.8, 4) is 0 Å². The normalized spacial score (nSPS) is 9.18. The molecule has 0 spiro atoms. The van der Waals surface area contributed by atoms with Gasteiger partial charge in [-0.1, -0.05) is 0 Å². The Morgan fingerprint density at radius 1 is 1.55 bits per heavy atom. The summed E-state index contributed by atoms with van der Waals surface area (Å²) in [7, 11) is 1.40. The van der Waals surface area contributed by atoms with Crippen LogP contribution in [-0.4, -0.2) is 37.2 Å². The van der Waals surface area contributed by atoms with E-state index in [9.17, 15) is 9.59 Å². The highest BCUT2D eigenvalue weighted by Gasteiger charge is 2.00. The number of hydrogen-bond donors (Lipinski definition) is 2. The molecule has 0 aliphatic heterocycles. The molecule has 11 heavy (non-hydrogen) atoms. The van der Waals surface area contributed by atoms with Crippen molar-refractivity contribution in [1.82, 2.24) is 5.32 Å². The number of carboxylic acid groups (broad SMARTS) is 1. The van der Waals surface area contributed by atoms with Gasteiger partial charge in [0.2, 0.25) is 5.91 Å². The van der Waals surface area contributed by atoms with Crippen LogP contribution in [0.15, 0.2) is 0 Å². The Morgan fingerprint density at radius 3 is 2.64 bits per heavy atom. The van der Waals surface area contributed by atoms with Crippen LogP contribution in [0, 0.1) is 0 Å².